The van der Waals surface area contributed by atoms with E-state index < -0.39 is 0 Å². The second kappa shape index (κ2) is 5.86. The molecule has 1 nitrogen and oxygen atoms in total. The van der Waals surface area contributed by atoms with Gasteiger partial charge in [0, 0.05) is 19.5 Å². The molecule has 0 radical (unpaired) electrons. The predicted octanol–water partition coefficient (Wildman–Crippen LogP) is 3.49. The summed E-state index contributed by atoms with van der Waals surface area (Å²) in [5.41, 5.74) is 1.31. The standard InChI is InChI=1S/C13H19NS/c1-4-11(2)13(15)14(3)10-12-8-6-5-7-9-12/h5-9,11H,4,10H2,1-3H3. The van der Waals surface area contributed by atoms with Crippen molar-refractivity contribution < 1.29 is 0 Å². The number of hydrogen-bond donors (Lipinski definition) is 0. The van der Waals surface area contributed by atoms with Crippen LogP contribution in [0.4, 0.5) is 0 Å². The molecule has 0 aliphatic carbocycles. The van der Waals surface area contributed by atoms with Crippen LogP contribution < -0.4 is 0 Å². The van der Waals surface area contributed by atoms with Gasteiger partial charge < -0.3 is 4.90 Å². The highest BCUT2D eigenvalue weighted by Crippen LogP contribution is 2.10. The summed E-state index contributed by atoms with van der Waals surface area (Å²) in [7, 11) is 2.07. The molecule has 1 rings (SSSR count). The number of benzene rings is 1. The first-order chi connectivity index (χ1) is 7.15. The van der Waals surface area contributed by atoms with Crippen LogP contribution in [0.15, 0.2) is 30.3 Å². The van der Waals surface area contributed by atoms with E-state index in [0.29, 0.717) is 5.92 Å². The first-order valence-corrected chi connectivity index (χ1v) is 5.85. The van der Waals surface area contributed by atoms with Gasteiger partial charge in [0.2, 0.25) is 0 Å². The molecule has 0 aromatic heterocycles. The van der Waals surface area contributed by atoms with Gasteiger partial charge in [-0.05, 0) is 12.0 Å². The quantitative estimate of drug-likeness (QED) is 0.716. The molecular weight excluding hydrogens is 202 g/mol. The van der Waals surface area contributed by atoms with Crippen LogP contribution in [-0.4, -0.2) is 16.9 Å². The third-order valence-electron chi connectivity index (χ3n) is 2.67. The smallest absolute Gasteiger partial charge is 0.0808 e. The van der Waals surface area contributed by atoms with Crippen LogP contribution in [0.5, 0.6) is 0 Å². The van der Waals surface area contributed by atoms with Gasteiger partial charge in [-0.1, -0.05) is 56.4 Å². The fourth-order valence-electron chi connectivity index (χ4n) is 1.49. The highest BCUT2D eigenvalue weighted by molar-refractivity contribution is 7.80. The zero-order valence-corrected chi connectivity index (χ0v) is 10.6. The fourth-order valence-corrected chi connectivity index (χ4v) is 1.72. The van der Waals surface area contributed by atoms with Crippen LogP contribution in [0.3, 0.4) is 0 Å². The molecule has 1 aromatic carbocycles. The maximum absolute atomic E-state index is 5.42. The monoisotopic (exact) mass is 221 g/mol. The van der Waals surface area contributed by atoms with Gasteiger partial charge in [-0.15, -0.1) is 0 Å². The maximum atomic E-state index is 5.42. The Morgan fingerprint density at radius 1 is 1.33 bits per heavy atom. The summed E-state index contributed by atoms with van der Waals surface area (Å²) >= 11 is 5.42. The van der Waals surface area contributed by atoms with E-state index in [0.717, 1.165) is 18.0 Å². The topological polar surface area (TPSA) is 3.24 Å². The molecular formula is C13H19NS. The van der Waals surface area contributed by atoms with E-state index in [2.05, 4.69) is 50.1 Å². The van der Waals surface area contributed by atoms with Gasteiger partial charge in [0.1, 0.15) is 0 Å². The van der Waals surface area contributed by atoms with Crippen molar-refractivity contribution in [2.24, 2.45) is 5.92 Å². The number of hydrogen-bond acceptors (Lipinski definition) is 1. The maximum Gasteiger partial charge on any atom is 0.0808 e. The molecule has 1 unspecified atom stereocenters. The van der Waals surface area contributed by atoms with E-state index >= 15 is 0 Å². The third kappa shape index (κ3) is 3.63. The Hall–Kier alpha value is -0.890. The summed E-state index contributed by atoms with van der Waals surface area (Å²) in [5, 5.41) is 0. The molecule has 82 valence electrons. The van der Waals surface area contributed by atoms with Crippen LogP contribution in [0.2, 0.25) is 0 Å². The summed E-state index contributed by atoms with van der Waals surface area (Å²) in [6.45, 7) is 5.27. The molecule has 1 aromatic rings. The Balaban J connectivity index is 2.56. The van der Waals surface area contributed by atoms with Crippen molar-refractivity contribution in [1.29, 1.82) is 0 Å². The second-order valence-corrected chi connectivity index (χ2v) is 4.41. The summed E-state index contributed by atoms with van der Waals surface area (Å²) in [4.78, 5) is 3.22. The largest absolute Gasteiger partial charge is 0.365 e. The lowest BCUT2D eigenvalue weighted by Crippen LogP contribution is -2.29. The minimum atomic E-state index is 0.494. The number of nitrogens with zero attached hydrogens (tertiary/aromatic N) is 1. The minimum absolute atomic E-state index is 0.494. The van der Waals surface area contributed by atoms with E-state index in [4.69, 9.17) is 12.2 Å². The van der Waals surface area contributed by atoms with Crippen molar-refractivity contribution in [3.63, 3.8) is 0 Å². The molecule has 0 saturated carbocycles. The molecule has 0 N–H and O–H groups in total. The zero-order valence-electron chi connectivity index (χ0n) is 9.73. The summed E-state index contributed by atoms with van der Waals surface area (Å²) in [5.74, 6) is 0.494. The van der Waals surface area contributed by atoms with E-state index in [1.807, 2.05) is 6.07 Å². The van der Waals surface area contributed by atoms with Crippen LogP contribution in [0.25, 0.3) is 0 Å². The lowest BCUT2D eigenvalue weighted by Gasteiger charge is -2.23. The van der Waals surface area contributed by atoms with Gasteiger partial charge in [-0.3, -0.25) is 0 Å². The highest BCUT2D eigenvalue weighted by Gasteiger charge is 2.10. The number of rotatable bonds is 4. The molecule has 0 bridgehead atoms. The Morgan fingerprint density at radius 3 is 2.47 bits per heavy atom. The van der Waals surface area contributed by atoms with Crippen molar-refractivity contribution in [2.75, 3.05) is 7.05 Å². The predicted molar refractivity (Wildman–Crippen MR) is 70.0 cm³/mol. The molecule has 0 spiro atoms. The van der Waals surface area contributed by atoms with Crippen LogP contribution in [-0.2, 0) is 6.54 Å². The lowest BCUT2D eigenvalue weighted by atomic mass is 10.1. The Morgan fingerprint density at radius 2 is 1.93 bits per heavy atom. The summed E-state index contributed by atoms with van der Waals surface area (Å²) in [6, 6.07) is 10.4. The van der Waals surface area contributed by atoms with Crippen molar-refractivity contribution >= 4 is 17.2 Å². The van der Waals surface area contributed by atoms with Crippen molar-refractivity contribution in [2.45, 2.75) is 26.8 Å². The van der Waals surface area contributed by atoms with Gasteiger partial charge in [0.15, 0.2) is 0 Å². The molecule has 0 amide bonds. The minimum Gasteiger partial charge on any atom is -0.365 e. The van der Waals surface area contributed by atoms with Crippen molar-refractivity contribution in [3.8, 4) is 0 Å². The first-order valence-electron chi connectivity index (χ1n) is 5.44. The lowest BCUT2D eigenvalue weighted by molar-refractivity contribution is 0.474. The Kier molecular flexibility index (Phi) is 4.76. The van der Waals surface area contributed by atoms with Crippen LogP contribution in [0.1, 0.15) is 25.8 Å². The Labute approximate surface area is 98.1 Å². The van der Waals surface area contributed by atoms with Crippen molar-refractivity contribution in [3.05, 3.63) is 35.9 Å². The van der Waals surface area contributed by atoms with E-state index in [9.17, 15) is 0 Å². The van der Waals surface area contributed by atoms with Gasteiger partial charge >= 0.3 is 0 Å². The van der Waals surface area contributed by atoms with Gasteiger partial charge in [-0.25, -0.2) is 0 Å². The van der Waals surface area contributed by atoms with Gasteiger partial charge in [0.05, 0.1) is 4.99 Å². The third-order valence-corrected chi connectivity index (χ3v) is 3.39. The van der Waals surface area contributed by atoms with E-state index in [1.165, 1.54) is 5.56 Å². The highest BCUT2D eigenvalue weighted by atomic mass is 32.1. The van der Waals surface area contributed by atoms with Gasteiger partial charge in [0.25, 0.3) is 0 Å². The van der Waals surface area contributed by atoms with Crippen LogP contribution >= 0.6 is 12.2 Å². The first kappa shape index (κ1) is 12.2. The molecule has 0 fully saturated rings. The molecule has 1 atom stereocenters. The molecule has 0 heterocycles. The molecule has 0 saturated heterocycles. The molecule has 15 heavy (non-hydrogen) atoms. The van der Waals surface area contributed by atoms with Crippen LogP contribution in [0, 0.1) is 5.92 Å². The normalized spacial score (nSPS) is 12.2. The molecule has 0 aliphatic rings. The van der Waals surface area contributed by atoms with Crippen molar-refractivity contribution in [1.82, 2.24) is 4.90 Å². The van der Waals surface area contributed by atoms with E-state index in [-0.39, 0.29) is 0 Å². The van der Waals surface area contributed by atoms with Gasteiger partial charge in [-0.2, -0.15) is 0 Å². The average Bonchev–Trinajstić information content (AvgIpc) is 2.28. The SMILES string of the molecule is CCC(C)C(=S)N(C)Cc1ccccc1. The summed E-state index contributed by atoms with van der Waals surface area (Å²) < 4.78 is 0. The van der Waals surface area contributed by atoms with E-state index in [1.54, 1.807) is 0 Å². The summed E-state index contributed by atoms with van der Waals surface area (Å²) in [6.07, 6.45) is 1.11. The zero-order chi connectivity index (χ0) is 11.3. The fraction of sp³-hybridized carbons (Fsp3) is 0.462. The Bertz CT molecular complexity index is 308. The molecule has 0 aliphatic heterocycles. The second-order valence-electron chi connectivity index (χ2n) is 3.99. The average molecular weight is 221 g/mol. The number of thiocarbonyl (C=S) groups is 1. The molecule has 2 heteroatoms.